The zero-order valence-corrected chi connectivity index (χ0v) is 14.9. The Hall–Kier alpha value is -1.59. The number of nitrogens with zero attached hydrogens (tertiary/aromatic N) is 1. The molecule has 0 unspecified atom stereocenters. The van der Waals surface area contributed by atoms with Crippen LogP contribution in [-0.2, 0) is 11.2 Å². The summed E-state index contributed by atoms with van der Waals surface area (Å²) in [4.78, 5) is 15.6. The summed E-state index contributed by atoms with van der Waals surface area (Å²) in [6.45, 7) is 1.89. The standard InChI is InChI=1S/C18H20ClFN2OS/c19-17-8-5-14(24-17)6-9-18(23)21-15-12-13(20)4-7-16(15)22-10-2-1-3-11-22/h4-5,7-8,12H,1-3,6,9-11H2,(H,21,23). The number of piperidine rings is 1. The van der Waals surface area contributed by atoms with E-state index in [2.05, 4.69) is 10.2 Å². The second kappa shape index (κ2) is 7.99. The van der Waals surface area contributed by atoms with Crippen LogP contribution in [-0.4, -0.2) is 19.0 Å². The van der Waals surface area contributed by atoms with Gasteiger partial charge in [0.2, 0.25) is 5.91 Å². The minimum Gasteiger partial charge on any atom is -0.370 e. The van der Waals surface area contributed by atoms with Gasteiger partial charge in [0, 0.05) is 24.4 Å². The van der Waals surface area contributed by atoms with E-state index in [-0.39, 0.29) is 11.7 Å². The molecule has 0 spiro atoms. The van der Waals surface area contributed by atoms with Gasteiger partial charge in [-0.1, -0.05) is 11.6 Å². The summed E-state index contributed by atoms with van der Waals surface area (Å²) in [6.07, 6.45) is 4.47. The first-order valence-corrected chi connectivity index (χ1v) is 9.40. The summed E-state index contributed by atoms with van der Waals surface area (Å²) in [5.41, 5.74) is 1.47. The van der Waals surface area contributed by atoms with Crippen LogP contribution < -0.4 is 10.2 Å². The van der Waals surface area contributed by atoms with Crippen LogP contribution in [0.3, 0.4) is 0 Å². The van der Waals surface area contributed by atoms with E-state index in [1.165, 1.54) is 29.9 Å². The Bertz CT molecular complexity index is 713. The summed E-state index contributed by atoms with van der Waals surface area (Å²) in [6, 6.07) is 8.38. The summed E-state index contributed by atoms with van der Waals surface area (Å²) in [7, 11) is 0. The molecule has 3 rings (SSSR count). The van der Waals surface area contributed by atoms with E-state index in [0.29, 0.717) is 18.5 Å². The van der Waals surface area contributed by atoms with Crippen LogP contribution in [0, 0.1) is 5.82 Å². The fourth-order valence-electron chi connectivity index (χ4n) is 2.95. The van der Waals surface area contributed by atoms with Gasteiger partial charge >= 0.3 is 0 Å². The first-order valence-electron chi connectivity index (χ1n) is 8.20. The lowest BCUT2D eigenvalue weighted by Gasteiger charge is -2.30. The maximum Gasteiger partial charge on any atom is 0.224 e. The molecular formula is C18H20ClFN2OS. The second-order valence-corrected chi connectivity index (χ2v) is 7.76. The lowest BCUT2D eigenvalue weighted by Crippen LogP contribution is -2.30. The van der Waals surface area contributed by atoms with Crippen molar-refractivity contribution < 1.29 is 9.18 Å². The summed E-state index contributed by atoms with van der Waals surface area (Å²) in [5.74, 6) is -0.445. The SMILES string of the molecule is O=C(CCc1ccc(Cl)s1)Nc1cc(F)ccc1N1CCCCC1. The van der Waals surface area contributed by atoms with Gasteiger partial charge in [-0.3, -0.25) is 4.79 Å². The predicted molar refractivity (Wildman–Crippen MR) is 98.7 cm³/mol. The summed E-state index contributed by atoms with van der Waals surface area (Å²) < 4.78 is 14.4. The number of rotatable bonds is 5. The van der Waals surface area contributed by atoms with Crippen molar-refractivity contribution >= 4 is 40.2 Å². The average molecular weight is 367 g/mol. The van der Waals surface area contributed by atoms with Gasteiger partial charge in [0.25, 0.3) is 0 Å². The number of carbonyl (C=O) groups is 1. The van der Waals surface area contributed by atoms with Crippen LogP contribution in [0.1, 0.15) is 30.6 Å². The number of carbonyl (C=O) groups excluding carboxylic acids is 1. The Morgan fingerprint density at radius 3 is 2.71 bits per heavy atom. The number of thiophene rings is 1. The van der Waals surface area contributed by atoms with Crippen molar-refractivity contribution in [2.24, 2.45) is 0 Å². The molecule has 1 amide bonds. The van der Waals surface area contributed by atoms with Gasteiger partial charge in [-0.15, -0.1) is 11.3 Å². The fourth-order valence-corrected chi connectivity index (χ4v) is 4.04. The van der Waals surface area contributed by atoms with Crippen LogP contribution in [0.25, 0.3) is 0 Å². The minimum atomic E-state index is -0.337. The molecule has 0 aliphatic carbocycles. The molecule has 1 aromatic heterocycles. The van der Waals surface area contributed by atoms with E-state index in [9.17, 15) is 9.18 Å². The van der Waals surface area contributed by atoms with Crippen LogP contribution in [0.2, 0.25) is 4.34 Å². The molecule has 0 saturated carbocycles. The quantitative estimate of drug-likeness (QED) is 0.798. The molecule has 3 nitrogen and oxygen atoms in total. The van der Waals surface area contributed by atoms with E-state index in [4.69, 9.17) is 11.6 Å². The van der Waals surface area contributed by atoms with Gasteiger partial charge in [-0.05, 0) is 56.0 Å². The van der Waals surface area contributed by atoms with Gasteiger partial charge in [-0.2, -0.15) is 0 Å². The number of hydrogen-bond acceptors (Lipinski definition) is 3. The third-order valence-electron chi connectivity index (χ3n) is 4.16. The predicted octanol–water partition coefficient (Wildman–Crippen LogP) is 5.10. The molecule has 2 aromatic rings. The van der Waals surface area contributed by atoms with Gasteiger partial charge in [0.15, 0.2) is 0 Å². The molecule has 1 aromatic carbocycles. The van der Waals surface area contributed by atoms with Crippen LogP contribution in [0.15, 0.2) is 30.3 Å². The smallest absolute Gasteiger partial charge is 0.224 e. The maximum atomic E-state index is 13.6. The number of aryl methyl sites for hydroxylation is 1. The molecule has 6 heteroatoms. The van der Waals surface area contributed by atoms with Gasteiger partial charge in [-0.25, -0.2) is 4.39 Å². The van der Waals surface area contributed by atoms with Crippen molar-refractivity contribution in [2.75, 3.05) is 23.3 Å². The fraction of sp³-hybridized carbons (Fsp3) is 0.389. The number of nitrogens with one attached hydrogen (secondary N) is 1. The average Bonchev–Trinajstić information content (AvgIpc) is 2.99. The molecule has 1 N–H and O–H groups in total. The van der Waals surface area contributed by atoms with Crippen LogP contribution >= 0.6 is 22.9 Å². The van der Waals surface area contributed by atoms with Gasteiger partial charge in [0.1, 0.15) is 5.82 Å². The Balaban J connectivity index is 1.66. The van der Waals surface area contributed by atoms with Crippen molar-refractivity contribution in [3.05, 3.63) is 45.4 Å². The molecule has 2 heterocycles. The van der Waals surface area contributed by atoms with Crippen LogP contribution in [0.5, 0.6) is 0 Å². The van der Waals surface area contributed by atoms with E-state index < -0.39 is 0 Å². The number of anilines is 2. The second-order valence-electron chi connectivity index (χ2n) is 5.96. The molecule has 1 aliphatic heterocycles. The number of benzene rings is 1. The number of amides is 1. The minimum absolute atomic E-state index is 0.108. The number of halogens is 2. The first-order chi connectivity index (χ1) is 11.6. The topological polar surface area (TPSA) is 32.3 Å². The number of hydrogen-bond donors (Lipinski definition) is 1. The zero-order valence-electron chi connectivity index (χ0n) is 13.4. The molecule has 1 saturated heterocycles. The molecule has 0 atom stereocenters. The Kier molecular flexibility index (Phi) is 5.74. The lowest BCUT2D eigenvalue weighted by atomic mass is 10.1. The van der Waals surface area contributed by atoms with E-state index in [0.717, 1.165) is 40.8 Å². The first kappa shape index (κ1) is 17.2. The van der Waals surface area contributed by atoms with Crippen molar-refractivity contribution in [3.63, 3.8) is 0 Å². The zero-order chi connectivity index (χ0) is 16.9. The highest BCUT2D eigenvalue weighted by molar-refractivity contribution is 7.16. The highest BCUT2D eigenvalue weighted by Crippen LogP contribution is 2.30. The van der Waals surface area contributed by atoms with E-state index >= 15 is 0 Å². The normalized spacial score (nSPS) is 14.7. The molecule has 0 radical (unpaired) electrons. The Morgan fingerprint density at radius 2 is 2.00 bits per heavy atom. The van der Waals surface area contributed by atoms with E-state index in [1.54, 1.807) is 6.07 Å². The molecular weight excluding hydrogens is 347 g/mol. The van der Waals surface area contributed by atoms with Crippen molar-refractivity contribution in [2.45, 2.75) is 32.1 Å². The molecule has 1 aliphatic rings. The van der Waals surface area contributed by atoms with Gasteiger partial charge < -0.3 is 10.2 Å². The maximum absolute atomic E-state index is 13.6. The highest BCUT2D eigenvalue weighted by Gasteiger charge is 2.16. The molecule has 24 heavy (non-hydrogen) atoms. The highest BCUT2D eigenvalue weighted by atomic mass is 35.5. The molecule has 0 bridgehead atoms. The van der Waals surface area contributed by atoms with Crippen LogP contribution in [0.4, 0.5) is 15.8 Å². The lowest BCUT2D eigenvalue weighted by molar-refractivity contribution is -0.116. The summed E-state index contributed by atoms with van der Waals surface area (Å²) in [5, 5.41) is 2.88. The van der Waals surface area contributed by atoms with Gasteiger partial charge in [0.05, 0.1) is 15.7 Å². The monoisotopic (exact) mass is 366 g/mol. The van der Waals surface area contributed by atoms with Crippen molar-refractivity contribution in [1.29, 1.82) is 0 Å². The molecule has 128 valence electrons. The van der Waals surface area contributed by atoms with E-state index in [1.807, 2.05) is 12.1 Å². The summed E-state index contributed by atoms with van der Waals surface area (Å²) >= 11 is 7.38. The van der Waals surface area contributed by atoms with Crippen molar-refractivity contribution in [1.82, 2.24) is 0 Å². The van der Waals surface area contributed by atoms with Crippen molar-refractivity contribution in [3.8, 4) is 0 Å². The third kappa shape index (κ3) is 4.48. The largest absolute Gasteiger partial charge is 0.370 e. The molecule has 1 fully saturated rings. The third-order valence-corrected chi connectivity index (χ3v) is 5.45. The Labute approximate surface area is 150 Å². The Morgan fingerprint density at radius 1 is 1.21 bits per heavy atom.